The molecule has 0 saturated carbocycles. The van der Waals surface area contributed by atoms with E-state index >= 15 is 0 Å². The number of carbonyl (C=O) groups is 1. The molecule has 0 fully saturated rings. The van der Waals surface area contributed by atoms with Gasteiger partial charge < -0.3 is 9.73 Å². The van der Waals surface area contributed by atoms with Gasteiger partial charge in [-0.05, 0) is 55.5 Å². The highest BCUT2D eigenvalue weighted by molar-refractivity contribution is 7.16. The fraction of sp³-hybridized carbons (Fsp3) is 0.174. The van der Waals surface area contributed by atoms with Crippen LogP contribution in [-0.4, -0.2) is 5.91 Å². The van der Waals surface area contributed by atoms with Gasteiger partial charge in [-0.2, -0.15) is 10.5 Å². The van der Waals surface area contributed by atoms with E-state index in [9.17, 15) is 15.3 Å². The summed E-state index contributed by atoms with van der Waals surface area (Å²) < 4.78 is 5.75. The Hall–Kier alpha value is -3.03. The van der Waals surface area contributed by atoms with E-state index in [1.165, 1.54) is 17.4 Å². The van der Waals surface area contributed by atoms with E-state index in [-0.39, 0.29) is 5.57 Å². The molecule has 0 bridgehead atoms. The van der Waals surface area contributed by atoms with Crippen molar-refractivity contribution in [1.82, 2.24) is 0 Å². The van der Waals surface area contributed by atoms with Crippen molar-refractivity contribution in [3.05, 3.63) is 67.7 Å². The molecule has 0 aliphatic heterocycles. The Bertz CT molecular complexity index is 1270. The lowest BCUT2D eigenvalue weighted by Gasteiger charge is -2.09. The minimum Gasteiger partial charge on any atom is -0.457 e. The van der Waals surface area contributed by atoms with E-state index in [1.54, 1.807) is 30.3 Å². The molecule has 1 N–H and O–H groups in total. The van der Waals surface area contributed by atoms with Crippen molar-refractivity contribution in [2.75, 3.05) is 5.32 Å². The van der Waals surface area contributed by atoms with Crippen LogP contribution in [0.1, 0.15) is 34.6 Å². The zero-order chi connectivity index (χ0) is 22.0. The third-order valence-electron chi connectivity index (χ3n) is 5.00. The van der Waals surface area contributed by atoms with Crippen LogP contribution in [0.5, 0.6) is 0 Å². The van der Waals surface area contributed by atoms with Crippen LogP contribution in [0, 0.1) is 22.7 Å². The molecule has 0 radical (unpaired) electrons. The van der Waals surface area contributed by atoms with Crippen molar-refractivity contribution in [1.29, 1.82) is 10.5 Å². The summed E-state index contributed by atoms with van der Waals surface area (Å²) in [7, 11) is 0. The SMILES string of the molecule is N#C/C(=C\c1ccc(-c2c(Cl)cccc2Cl)o1)C(=O)Nc1sc2c(c1C#N)CCCC2. The molecule has 1 aromatic carbocycles. The second-order valence-corrected chi connectivity index (χ2v) is 8.87. The highest BCUT2D eigenvalue weighted by atomic mass is 35.5. The minimum absolute atomic E-state index is 0.138. The molecule has 0 spiro atoms. The molecule has 0 atom stereocenters. The van der Waals surface area contributed by atoms with E-state index in [0.29, 0.717) is 37.7 Å². The number of benzene rings is 1. The summed E-state index contributed by atoms with van der Waals surface area (Å²) in [5.74, 6) is 0.146. The highest BCUT2D eigenvalue weighted by Gasteiger charge is 2.23. The molecule has 8 heteroatoms. The van der Waals surface area contributed by atoms with Gasteiger partial charge in [0.25, 0.3) is 5.91 Å². The summed E-state index contributed by atoms with van der Waals surface area (Å²) >= 11 is 13.8. The van der Waals surface area contributed by atoms with Gasteiger partial charge in [0.05, 0.1) is 21.2 Å². The van der Waals surface area contributed by atoms with Crippen LogP contribution >= 0.6 is 34.5 Å². The first-order valence-electron chi connectivity index (χ1n) is 9.53. The molecule has 0 saturated heterocycles. The number of carbonyl (C=O) groups excluding carboxylic acids is 1. The molecule has 3 aromatic rings. The van der Waals surface area contributed by atoms with Crippen LogP contribution in [0.2, 0.25) is 10.0 Å². The predicted octanol–water partition coefficient (Wildman–Crippen LogP) is 6.61. The molecule has 0 unspecified atom stereocenters. The Morgan fingerprint density at radius 3 is 2.58 bits per heavy atom. The average Bonchev–Trinajstić information content (AvgIpc) is 3.35. The number of aryl methyl sites for hydroxylation is 1. The number of rotatable bonds is 4. The van der Waals surface area contributed by atoms with Gasteiger partial charge in [-0.25, -0.2) is 0 Å². The van der Waals surface area contributed by atoms with Crippen molar-refractivity contribution in [2.45, 2.75) is 25.7 Å². The summed E-state index contributed by atoms with van der Waals surface area (Å²) in [4.78, 5) is 13.9. The van der Waals surface area contributed by atoms with E-state index in [0.717, 1.165) is 36.1 Å². The lowest BCUT2D eigenvalue weighted by molar-refractivity contribution is -0.112. The summed E-state index contributed by atoms with van der Waals surface area (Å²) in [5.41, 5.74) is 1.92. The van der Waals surface area contributed by atoms with Crippen molar-refractivity contribution in [3.63, 3.8) is 0 Å². The van der Waals surface area contributed by atoms with Crippen molar-refractivity contribution in [2.24, 2.45) is 0 Å². The first kappa shape index (κ1) is 21.2. The molecule has 154 valence electrons. The van der Waals surface area contributed by atoms with E-state index in [4.69, 9.17) is 27.6 Å². The van der Waals surface area contributed by atoms with Crippen LogP contribution in [-0.2, 0) is 17.6 Å². The highest BCUT2D eigenvalue weighted by Crippen LogP contribution is 2.38. The topological polar surface area (TPSA) is 89.8 Å². The number of thiophene rings is 1. The first-order chi connectivity index (χ1) is 15.0. The van der Waals surface area contributed by atoms with E-state index in [1.807, 2.05) is 6.07 Å². The van der Waals surface area contributed by atoms with E-state index < -0.39 is 5.91 Å². The number of fused-ring (bicyclic) bond motifs is 1. The number of halogens is 2. The number of hydrogen-bond acceptors (Lipinski definition) is 5. The summed E-state index contributed by atoms with van der Waals surface area (Å²) in [6.07, 6.45) is 5.20. The van der Waals surface area contributed by atoms with Gasteiger partial charge in [0.1, 0.15) is 34.2 Å². The smallest absolute Gasteiger partial charge is 0.267 e. The number of furan rings is 1. The van der Waals surface area contributed by atoms with Crippen LogP contribution in [0.15, 0.2) is 40.3 Å². The second kappa shape index (κ2) is 8.99. The maximum atomic E-state index is 12.7. The van der Waals surface area contributed by atoms with E-state index in [2.05, 4.69) is 11.4 Å². The zero-order valence-corrected chi connectivity index (χ0v) is 18.5. The second-order valence-electron chi connectivity index (χ2n) is 6.95. The number of amides is 1. The van der Waals surface area contributed by atoms with Gasteiger partial charge in [-0.15, -0.1) is 11.3 Å². The Kier molecular flexibility index (Phi) is 6.15. The molecule has 1 aliphatic rings. The lowest BCUT2D eigenvalue weighted by Crippen LogP contribution is -2.13. The normalized spacial score (nSPS) is 13.2. The maximum absolute atomic E-state index is 12.7. The van der Waals surface area contributed by atoms with Crippen LogP contribution in [0.4, 0.5) is 5.00 Å². The molecule has 1 aliphatic carbocycles. The monoisotopic (exact) mass is 467 g/mol. The molecule has 4 rings (SSSR count). The van der Waals surface area contributed by atoms with Gasteiger partial charge in [0.2, 0.25) is 0 Å². The standard InChI is InChI=1S/C23H15Cl2N3O2S/c24-17-5-3-6-18(25)21(17)19-9-8-14(30-19)10-13(11-26)22(29)28-23-16(12-27)15-4-1-2-7-20(15)31-23/h3,5-6,8-10H,1-2,4,7H2,(H,28,29)/b13-10+. The van der Waals surface area contributed by atoms with Crippen molar-refractivity contribution < 1.29 is 9.21 Å². The van der Waals surface area contributed by atoms with Crippen LogP contribution in [0.25, 0.3) is 17.4 Å². The number of nitriles is 2. The quantitative estimate of drug-likeness (QED) is 0.345. The molecule has 2 heterocycles. The van der Waals surface area contributed by atoms with Gasteiger partial charge in [0, 0.05) is 11.0 Å². The average molecular weight is 468 g/mol. The van der Waals surface area contributed by atoms with Crippen LogP contribution < -0.4 is 5.32 Å². The summed E-state index contributed by atoms with van der Waals surface area (Å²) in [6, 6.07) is 12.5. The predicted molar refractivity (Wildman–Crippen MR) is 122 cm³/mol. The first-order valence-corrected chi connectivity index (χ1v) is 11.1. The van der Waals surface area contributed by atoms with Gasteiger partial charge in [0.15, 0.2) is 0 Å². The number of nitrogens with zero attached hydrogens (tertiary/aromatic N) is 2. The summed E-state index contributed by atoms with van der Waals surface area (Å²) in [5, 5.41) is 23.1. The van der Waals surface area contributed by atoms with Gasteiger partial charge in [-0.3, -0.25) is 4.79 Å². The van der Waals surface area contributed by atoms with Crippen molar-refractivity contribution in [3.8, 4) is 23.5 Å². The Labute approximate surface area is 193 Å². The molecule has 31 heavy (non-hydrogen) atoms. The van der Waals surface area contributed by atoms with Crippen LogP contribution in [0.3, 0.4) is 0 Å². The summed E-state index contributed by atoms with van der Waals surface area (Å²) in [6.45, 7) is 0. The molecular weight excluding hydrogens is 453 g/mol. The number of hydrogen-bond donors (Lipinski definition) is 1. The maximum Gasteiger partial charge on any atom is 0.267 e. The largest absolute Gasteiger partial charge is 0.457 e. The Balaban J connectivity index is 1.60. The molecule has 5 nitrogen and oxygen atoms in total. The van der Waals surface area contributed by atoms with Gasteiger partial charge >= 0.3 is 0 Å². The Morgan fingerprint density at radius 1 is 1.13 bits per heavy atom. The molecule has 1 amide bonds. The fourth-order valence-corrected chi connectivity index (χ4v) is 5.35. The number of nitrogens with one attached hydrogen (secondary N) is 1. The minimum atomic E-state index is -0.591. The zero-order valence-electron chi connectivity index (χ0n) is 16.2. The van der Waals surface area contributed by atoms with Gasteiger partial charge in [-0.1, -0.05) is 29.3 Å². The van der Waals surface area contributed by atoms with Crippen molar-refractivity contribution >= 4 is 51.5 Å². The third-order valence-corrected chi connectivity index (χ3v) is 6.83. The number of anilines is 1. The molecule has 2 aromatic heterocycles. The Morgan fingerprint density at radius 2 is 1.87 bits per heavy atom. The molecular formula is C23H15Cl2N3O2S. The third kappa shape index (κ3) is 4.24. The fourth-order valence-electron chi connectivity index (χ4n) is 3.53. The lowest BCUT2D eigenvalue weighted by atomic mass is 9.96.